The second-order valence-corrected chi connectivity index (χ2v) is 10.2. The van der Waals surface area contributed by atoms with Crippen LogP contribution in [-0.4, -0.2) is 14.3 Å². The minimum atomic E-state index is -3.88. The molecular formula is C28H24N2O4S. The minimum absolute atomic E-state index is 0.206. The van der Waals surface area contributed by atoms with Crippen molar-refractivity contribution in [3.05, 3.63) is 101 Å². The van der Waals surface area contributed by atoms with Crippen LogP contribution in [0.2, 0.25) is 0 Å². The Kier molecular flexibility index (Phi) is 5.57. The first kappa shape index (κ1) is 22.7. The molecule has 1 heterocycles. The normalized spacial score (nSPS) is 11.6. The summed E-state index contributed by atoms with van der Waals surface area (Å²) in [4.78, 5) is 13.4. The summed E-state index contributed by atoms with van der Waals surface area (Å²) in [5.74, 6) is 0.124. The van der Waals surface area contributed by atoms with E-state index in [0.717, 1.165) is 5.56 Å². The van der Waals surface area contributed by atoms with E-state index in [0.29, 0.717) is 50.0 Å². The Labute approximate surface area is 203 Å². The molecule has 1 aromatic heterocycles. The van der Waals surface area contributed by atoms with Gasteiger partial charge in [0.1, 0.15) is 11.3 Å². The van der Waals surface area contributed by atoms with E-state index in [1.54, 1.807) is 44.2 Å². The number of amides is 1. The fraction of sp³-hybridized carbons (Fsp3) is 0.107. The molecule has 1 amide bonds. The smallest absolute Gasteiger partial charge is 0.262 e. The number of benzene rings is 4. The quantitative estimate of drug-likeness (QED) is 0.295. The number of hydrogen-bond donors (Lipinski definition) is 2. The second-order valence-electron chi connectivity index (χ2n) is 8.57. The van der Waals surface area contributed by atoms with Gasteiger partial charge in [0.05, 0.1) is 16.1 Å². The number of nitrogens with one attached hydrogen (secondary N) is 2. The van der Waals surface area contributed by atoms with Crippen molar-refractivity contribution in [1.29, 1.82) is 0 Å². The molecule has 5 aromatic rings. The zero-order chi connectivity index (χ0) is 24.7. The molecule has 7 heteroatoms. The topological polar surface area (TPSA) is 88.4 Å². The van der Waals surface area contributed by atoms with Crippen molar-refractivity contribution in [1.82, 2.24) is 0 Å². The van der Waals surface area contributed by atoms with Gasteiger partial charge in [-0.15, -0.1) is 0 Å². The van der Waals surface area contributed by atoms with Crippen molar-refractivity contribution in [3.63, 3.8) is 0 Å². The third kappa shape index (κ3) is 4.15. The van der Waals surface area contributed by atoms with Crippen LogP contribution in [0.25, 0.3) is 21.7 Å². The van der Waals surface area contributed by atoms with Gasteiger partial charge in [0.25, 0.3) is 15.9 Å². The van der Waals surface area contributed by atoms with Crippen molar-refractivity contribution in [2.45, 2.75) is 25.7 Å². The summed E-state index contributed by atoms with van der Waals surface area (Å²) < 4.78 is 35.5. The third-order valence-electron chi connectivity index (χ3n) is 5.99. The van der Waals surface area contributed by atoms with Crippen molar-refractivity contribution >= 4 is 49.0 Å². The number of hydrogen-bond acceptors (Lipinski definition) is 4. The maximum atomic E-state index is 13.4. The Morgan fingerprint density at radius 1 is 0.800 bits per heavy atom. The Morgan fingerprint density at radius 3 is 2.20 bits per heavy atom. The number of carbonyl (C=O) groups is 1. The molecule has 6 nitrogen and oxygen atoms in total. The van der Waals surface area contributed by atoms with E-state index >= 15 is 0 Å². The van der Waals surface area contributed by atoms with E-state index in [9.17, 15) is 13.2 Å². The maximum Gasteiger partial charge on any atom is 0.262 e. The van der Waals surface area contributed by atoms with Crippen LogP contribution >= 0.6 is 0 Å². The fourth-order valence-corrected chi connectivity index (χ4v) is 5.72. The molecule has 2 N–H and O–H groups in total. The van der Waals surface area contributed by atoms with Crippen LogP contribution in [0.3, 0.4) is 0 Å². The van der Waals surface area contributed by atoms with Crippen molar-refractivity contribution < 1.29 is 17.6 Å². The molecule has 176 valence electrons. The summed E-state index contributed by atoms with van der Waals surface area (Å²) in [6, 6.07) is 23.4. The zero-order valence-electron chi connectivity index (χ0n) is 19.5. The van der Waals surface area contributed by atoms with Gasteiger partial charge in [-0.05, 0) is 50.6 Å². The molecule has 0 bridgehead atoms. The highest BCUT2D eigenvalue weighted by Crippen LogP contribution is 2.38. The van der Waals surface area contributed by atoms with E-state index in [-0.39, 0.29) is 10.8 Å². The number of para-hydroxylation sites is 1. The number of rotatable bonds is 5. The molecule has 0 spiro atoms. The van der Waals surface area contributed by atoms with Crippen LogP contribution in [0.5, 0.6) is 0 Å². The highest BCUT2D eigenvalue weighted by Gasteiger charge is 2.24. The summed E-state index contributed by atoms with van der Waals surface area (Å²) in [5.41, 5.74) is 3.57. The Hall–Kier alpha value is -4.10. The van der Waals surface area contributed by atoms with Crippen molar-refractivity contribution in [2.24, 2.45) is 0 Å². The maximum absolute atomic E-state index is 13.4. The van der Waals surface area contributed by atoms with Gasteiger partial charge in [-0.1, -0.05) is 60.2 Å². The van der Waals surface area contributed by atoms with Gasteiger partial charge in [-0.3, -0.25) is 9.52 Å². The highest BCUT2D eigenvalue weighted by atomic mass is 32.2. The van der Waals surface area contributed by atoms with E-state index in [1.165, 1.54) is 0 Å². The first-order valence-corrected chi connectivity index (χ1v) is 12.6. The summed E-state index contributed by atoms with van der Waals surface area (Å²) in [6.45, 7) is 5.42. The fourth-order valence-electron chi connectivity index (χ4n) is 4.42. The van der Waals surface area contributed by atoms with Crippen LogP contribution in [0.4, 0.5) is 11.4 Å². The second kappa shape index (κ2) is 8.60. The van der Waals surface area contributed by atoms with Crippen LogP contribution in [-0.2, 0) is 10.0 Å². The molecule has 0 aliphatic rings. The lowest BCUT2D eigenvalue weighted by Gasteiger charge is -2.14. The number of furan rings is 1. The van der Waals surface area contributed by atoms with Gasteiger partial charge in [-0.2, -0.15) is 0 Å². The lowest BCUT2D eigenvalue weighted by atomic mass is 10.0. The molecule has 0 saturated carbocycles. The van der Waals surface area contributed by atoms with Gasteiger partial charge < -0.3 is 9.73 Å². The van der Waals surface area contributed by atoms with E-state index in [4.69, 9.17) is 4.42 Å². The van der Waals surface area contributed by atoms with Gasteiger partial charge in [0.15, 0.2) is 0 Å². The number of fused-ring (bicyclic) bond motifs is 3. The lowest BCUT2D eigenvalue weighted by molar-refractivity contribution is 0.102. The standard InChI is InChI=1S/C28H24N2O4S/c1-17-13-14-25(18(2)15-17)35(32,33)30-24-16-23-26(28(31)29-20-9-5-4-6-10-20)19(3)34-27(23)22-12-8-7-11-21(22)24/h4-16,30H,1-3H3,(H,29,31). The van der Waals surface area contributed by atoms with Gasteiger partial charge in [0.2, 0.25) is 0 Å². The van der Waals surface area contributed by atoms with Crippen molar-refractivity contribution in [3.8, 4) is 0 Å². The van der Waals surface area contributed by atoms with E-state index in [1.807, 2.05) is 55.5 Å². The summed E-state index contributed by atoms with van der Waals surface area (Å²) in [5, 5.41) is 4.82. The predicted octanol–water partition coefficient (Wildman–Crippen LogP) is 6.56. The first-order chi connectivity index (χ1) is 16.7. The predicted molar refractivity (Wildman–Crippen MR) is 140 cm³/mol. The average Bonchev–Trinajstić information content (AvgIpc) is 3.15. The van der Waals surface area contributed by atoms with E-state index < -0.39 is 10.0 Å². The molecule has 35 heavy (non-hydrogen) atoms. The summed E-state index contributed by atoms with van der Waals surface area (Å²) >= 11 is 0. The van der Waals surface area contributed by atoms with Gasteiger partial charge in [-0.25, -0.2) is 8.42 Å². The summed E-state index contributed by atoms with van der Waals surface area (Å²) in [6.07, 6.45) is 0. The zero-order valence-corrected chi connectivity index (χ0v) is 20.4. The highest BCUT2D eigenvalue weighted by molar-refractivity contribution is 7.92. The molecule has 0 aliphatic heterocycles. The van der Waals surface area contributed by atoms with Crippen LogP contribution in [0.1, 0.15) is 27.2 Å². The average molecular weight is 485 g/mol. The molecule has 4 aromatic carbocycles. The number of carbonyl (C=O) groups excluding carboxylic acids is 1. The molecule has 5 rings (SSSR count). The summed E-state index contributed by atoms with van der Waals surface area (Å²) in [7, 11) is -3.88. The minimum Gasteiger partial charge on any atom is -0.460 e. The van der Waals surface area contributed by atoms with Crippen molar-refractivity contribution in [2.75, 3.05) is 10.0 Å². The largest absolute Gasteiger partial charge is 0.460 e. The number of sulfonamides is 1. The SMILES string of the molecule is Cc1ccc(S(=O)(=O)Nc2cc3c(C(=O)Nc4ccccc4)c(C)oc3c3ccccc23)c(C)c1. The molecular weight excluding hydrogens is 460 g/mol. The van der Waals surface area contributed by atoms with Crippen LogP contribution in [0.15, 0.2) is 88.2 Å². The monoisotopic (exact) mass is 484 g/mol. The molecule has 0 unspecified atom stereocenters. The number of aryl methyl sites for hydroxylation is 3. The molecule has 0 radical (unpaired) electrons. The van der Waals surface area contributed by atoms with E-state index in [2.05, 4.69) is 10.0 Å². The van der Waals surface area contributed by atoms with Gasteiger partial charge >= 0.3 is 0 Å². The lowest BCUT2D eigenvalue weighted by Crippen LogP contribution is -2.15. The van der Waals surface area contributed by atoms with Crippen LogP contribution in [0, 0.1) is 20.8 Å². The molecule has 0 fully saturated rings. The first-order valence-electron chi connectivity index (χ1n) is 11.2. The van der Waals surface area contributed by atoms with Gasteiger partial charge in [0, 0.05) is 21.8 Å². The number of anilines is 2. The molecule has 0 saturated heterocycles. The Balaban J connectivity index is 1.66. The Bertz CT molecular complexity index is 1700. The Morgan fingerprint density at radius 2 is 1.49 bits per heavy atom. The van der Waals surface area contributed by atoms with Crippen LogP contribution < -0.4 is 10.0 Å². The third-order valence-corrected chi connectivity index (χ3v) is 7.52. The molecule has 0 atom stereocenters. The molecule has 0 aliphatic carbocycles.